The van der Waals surface area contributed by atoms with Crippen molar-refractivity contribution in [1.82, 2.24) is 4.98 Å². The topological polar surface area (TPSA) is 71.1 Å². The molecule has 0 aliphatic carbocycles. The molecule has 0 unspecified atom stereocenters. The molecule has 0 fully saturated rings. The van der Waals surface area contributed by atoms with Gasteiger partial charge < -0.3 is 5.32 Å². The van der Waals surface area contributed by atoms with Crippen molar-refractivity contribution in [3.63, 3.8) is 0 Å². The number of thiophene rings is 1. The van der Waals surface area contributed by atoms with Crippen LogP contribution in [0, 0.1) is 6.92 Å². The Bertz CT molecular complexity index is 980. The van der Waals surface area contributed by atoms with Gasteiger partial charge in [0.2, 0.25) is 0 Å². The molecule has 0 radical (unpaired) electrons. The number of pyridine rings is 1. The van der Waals surface area contributed by atoms with E-state index in [0.29, 0.717) is 5.92 Å². The summed E-state index contributed by atoms with van der Waals surface area (Å²) in [5, 5.41) is 5.13. The molecule has 136 valence electrons. The summed E-state index contributed by atoms with van der Waals surface area (Å²) in [4.78, 5) is 4.23. The molecule has 3 rings (SSSR count). The van der Waals surface area contributed by atoms with Gasteiger partial charge in [-0.3, -0.25) is 4.72 Å². The van der Waals surface area contributed by atoms with Crippen molar-refractivity contribution < 1.29 is 8.42 Å². The molecule has 0 saturated heterocycles. The third kappa shape index (κ3) is 4.05. The molecule has 2 N–H and O–H groups in total. The van der Waals surface area contributed by atoms with E-state index in [0.717, 1.165) is 16.9 Å². The quantitative estimate of drug-likeness (QED) is 0.616. The highest BCUT2D eigenvalue weighted by Crippen LogP contribution is 2.30. The van der Waals surface area contributed by atoms with E-state index in [-0.39, 0.29) is 10.0 Å². The summed E-state index contributed by atoms with van der Waals surface area (Å²) >= 11 is 1.17. The van der Waals surface area contributed by atoms with Crippen LogP contribution in [0.3, 0.4) is 0 Å². The Morgan fingerprint density at radius 2 is 1.88 bits per heavy atom. The molecule has 0 aliphatic rings. The molecule has 2 heterocycles. The lowest BCUT2D eigenvalue weighted by atomic mass is 9.98. The molecule has 26 heavy (non-hydrogen) atoms. The number of anilines is 3. The van der Waals surface area contributed by atoms with Crippen molar-refractivity contribution in [3.05, 3.63) is 65.2 Å². The number of benzene rings is 1. The van der Waals surface area contributed by atoms with Crippen molar-refractivity contribution in [2.45, 2.75) is 30.9 Å². The van der Waals surface area contributed by atoms with Crippen molar-refractivity contribution in [2.24, 2.45) is 0 Å². The highest BCUT2D eigenvalue weighted by atomic mass is 32.2. The van der Waals surface area contributed by atoms with Gasteiger partial charge in [0.15, 0.2) is 0 Å². The SMILES string of the molecule is Cc1cccc(C(C)C)c1Nc1ccc(NS(=O)(=O)c2cccs2)nc1. The largest absolute Gasteiger partial charge is 0.354 e. The van der Waals surface area contributed by atoms with E-state index >= 15 is 0 Å². The van der Waals surface area contributed by atoms with Crippen molar-refractivity contribution >= 4 is 38.6 Å². The maximum Gasteiger partial charge on any atom is 0.272 e. The summed E-state index contributed by atoms with van der Waals surface area (Å²) in [6.45, 7) is 6.37. The summed E-state index contributed by atoms with van der Waals surface area (Å²) in [6.07, 6.45) is 1.63. The minimum Gasteiger partial charge on any atom is -0.354 e. The maximum atomic E-state index is 12.2. The predicted octanol–water partition coefficient (Wildman–Crippen LogP) is 5.12. The van der Waals surface area contributed by atoms with Gasteiger partial charge in [-0.2, -0.15) is 0 Å². The first-order valence-corrected chi connectivity index (χ1v) is 10.6. The van der Waals surface area contributed by atoms with Gasteiger partial charge in [-0.05, 0) is 47.5 Å². The van der Waals surface area contributed by atoms with E-state index in [2.05, 4.69) is 54.0 Å². The fraction of sp³-hybridized carbons (Fsp3) is 0.211. The zero-order valence-corrected chi connectivity index (χ0v) is 16.5. The highest BCUT2D eigenvalue weighted by molar-refractivity contribution is 7.94. The Morgan fingerprint density at radius 1 is 1.08 bits per heavy atom. The van der Waals surface area contributed by atoms with Crippen LogP contribution in [-0.4, -0.2) is 13.4 Å². The van der Waals surface area contributed by atoms with Crippen molar-refractivity contribution in [2.75, 3.05) is 10.0 Å². The maximum absolute atomic E-state index is 12.2. The molecular weight excluding hydrogens is 366 g/mol. The molecule has 7 heteroatoms. The first-order valence-electron chi connectivity index (χ1n) is 8.26. The number of aryl methyl sites for hydroxylation is 1. The molecule has 1 aromatic carbocycles. The monoisotopic (exact) mass is 387 g/mol. The summed E-state index contributed by atoms with van der Waals surface area (Å²) in [6, 6.07) is 13.0. The third-order valence-electron chi connectivity index (χ3n) is 3.96. The Balaban J connectivity index is 1.79. The minimum absolute atomic E-state index is 0.267. The lowest BCUT2D eigenvalue weighted by Gasteiger charge is -2.17. The van der Waals surface area contributed by atoms with Gasteiger partial charge in [0.1, 0.15) is 10.0 Å². The molecule has 0 atom stereocenters. The van der Waals surface area contributed by atoms with E-state index in [4.69, 9.17) is 0 Å². The first-order chi connectivity index (χ1) is 12.4. The summed E-state index contributed by atoms with van der Waals surface area (Å²) in [5.41, 5.74) is 4.25. The second kappa shape index (κ2) is 7.47. The molecule has 0 spiro atoms. The number of hydrogen-bond acceptors (Lipinski definition) is 5. The number of hydrogen-bond donors (Lipinski definition) is 2. The van der Waals surface area contributed by atoms with Crippen LogP contribution in [0.2, 0.25) is 0 Å². The highest BCUT2D eigenvalue weighted by Gasteiger charge is 2.16. The predicted molar refractivity (Wildman–Crippen MR) is 108 cm³/mol. The normalized spacial score (nSPS) is 11.5. The zero-order chi connectivity index (χ0) is 18.7. The van der Waals surface area contributed by atoms with Crippen LogP contribution in [0.15, 0.2) is 58.3 Å². The van der Waals surface area contributed by atoms with E-state index in [1.54, 1.807) is 29.8 Å². The fourth-order valence-corrected chi connectivity index (χ4v) is 4.62. The summed E-state index contributed by atoms with van der Waals surface area (Å²) in [7, 11) is -3.58. The molecular formula is C19H21N3O2S2. The second-order valence-electron chi connectivity index (χ2n) is 6.29. The molecule has 0 aliphatic heterocycles. The van der Waals surface area contributed by atoms with E-state index in [1.807, 2.05) is 6.07 Å². The van der Waals surface area contributed by atoms with Gasteiger partial charge >= 0.3 is 0 Å². The van der Waals surface area contributed by atoms with E-state index < -0.39 is 10.0 Å². The van der Waals surface area contributed by atoms with E-state index in [9.17, 15) is 8.42 Å². The summed E-state index contributed by atoms with van der Waals surface area (Å²) in [5.74, 6) is 0.681. The Hall–Kier alpha value is -2.38. The fourth-order valence-electron chi connectivity index (χ4n) is 2.62. The first kappa shape index (κ1) is 18.4. The Morgan fingerprint density at radius 3 is 2.50 bits per heavy atom. The number of nitrogens with one attached hydrogen (secondary N) is 2. The lowest BCUT2D eigenvalue weighted by molar-refractivity contribution is 0.603. The van der Waals surface area contributed by atoms with Crippen LogP contribution in [-0.2, 0) is 10.0 Å². The van der Waals surface area contributed by atoms with Crippen LogP contribution in [0.1, 0.15) is 30.9 Å². The number of para-hydroxylation sites is 1. The average molecular weight is 388 g/mol. The van der Waals surface area contributed by atoms with Crippen LogP contribution in [0.4, 0.5) is 17.2 Å². The standard InChI is InChI=1S/C19H21N3O2S2/c1-13(2)16-7-4-6-14(3)19(16)21-15-9-10-17(20-12-15)22-26(23,24)18-8-5-11-25-18/h4-13,21H,1-3H3,(H,20,22). The van der Waals surface area contributed by atoms with Crippen LogP contribution >= 0.6 is 11.3 Å². The van der Waals surface area contributed by atoms with Crippen LogP contribution in [0.5, 0.6) is 0 Å². The Kier molecular flexibility index (Phi) is 5.29. The summed E-state index contributed by atoms with van der Waals surface area (Å²) < 4.78 is 27.3. The molecule has 0 saturated carbocycles. The van der Waals surface area contributed by atoms with Gasteiger partial charge in [-0.15, -0.1) is 11.3 Å². The molecule has 0 amide bonds. The second-order valence-corrected chi connectivity index (χ2v) is 9.15. The number of sulfonamides is 1. The average Bonchev–Trinajstić information content (AvgIpc) is 3.13. The third-order valence-corrected chi connectivity index (χ3v) is 6.71. The van der Waals surface area contributed by atoms with Gasteiger partial charge in [-0.25, -0.2) is 13.4 Å². The molecule has 2 aromatic heterocycles. The zero-order valence-electron chi connectivity index (χ0n) is 14.9. The van der Waals surface area contributed by atoms with Crippen molar-refractivity contribution in [3.8, 4) is 0 Å². The Labute approximate surface area is 158 Å². The molecule has 0 bridgehead atoms. The number of rotatable bonds is 6. The van der Waals surface area contributed by atoms with Crippen molar-refractivity contribution in [1.29, 1.82) is 0 Å². The molecule has 5 nitrogen and oxygen atoms in total. The van der Waals surface area contributed by atoms with Gasteiger partial charge in [0.25, 0.3) is 10.0 Å². The van der Waals surface area contributed by atoms with Gasteiger partial charge in [0.05, 0.1) is 11.9 Å². The minimum atomic E-state index is -3.58. The van der Waals surface area contributed by atoms with Gasteiger partial charge in [-0.1, -0.05) is 38.1 Å². The van der Waals surface area contributed by atoms with Gasteiger partial charge in [0, 0.05) is 5.69 Å². The van der Waals surface area contributed by atoms with Crippen LogP contribution < -0.4 is 10.0 Å². The molecule has 3 aromatic rings. The number of aromatic nitrogens is 1. The smallest absolute Gasteiger partial charge is 0.272 e. The van der Waals surface area contributed by atoms with E-state index in [1.165, 1.54) is 16.9 Å². The lowest BCUT2D eigenvalue weighted by Crippen LogP contribution is -2.12. The number of nitrogens with zero attached hydrogens (tertiary/aromatic N) is 1. The van der Waals surface area contributed by atoms with Crippen LogP contribution in [0.25, 0.3) is 0 Å².